The monoisotopic (exact) mass is 267 g/mol. The lowest BCUT2D eigenvalue weighted by Crippen LogP contribution is -2.46. The van der Waals surface area contributed by atoms with E-state index < -0.39 is 11.7 Å². The number of carbonyl (C=O) groups is 2. The molecular weight excluding hydrogens is 250 g/mol. The first-order valence-electron chi connectivity index (χ1n) is 6.02. The lowest BCUT2D eigenvalue weighted by Gasteiger charge is -2.27. The summed E-state index contributed by atoms with van der Waals surface area (Å²) in [6.45, 7) is 6.12. The Bertz CT molecular complexity index is 490. The van der Waals surface area contributed by atoms with Crippen molar-refractivity contribution in [2.75, 3.05) is 6.61 Å². The van der Waals surface area contributed by atoms with Crippen LogP contribution in [0.25, 0.3) is 0 Å². The Morgan fingerprint density at radius 1 is 1.63 bits per heavy atom. The molecule has 104 valence electrons. The SMILES string of the molecule is CC(C)(C)OC(=O)NC1COc2c(C=O)cnn2C1. The van der Waals surface area contributed by atoms with Crippen molar-refractivity contribution in [3.8, 4) is 5.88 Å². The van der Waals surface area contributed by atoms with E-state index in [2.05, 4.69) is 10.4 Å². The molecule has 7 heteroatoms. The van der Waals surface area contributed by atoms with Gasteiger partial charge in [-0.1, -0.05) is 0 Å². The van der Waals surface area contributed by atoms with Crippen molar-refractivity contribution in [3.63, 3.8) is 0 Å². The Kier molecular flexibility index (Phi) is 3.46. The van der Waals surface area contributed by atoms with Crippen LogP contribution in [0.2, 0.25) is 0 Å². The molecule has 1 aliphatic heterocycles. The van der Waals surface area contributed by atoms with Gasteiger partial charge >= 0.3 is 6.09 Å². The summed E-state index contributed by atoms with van der Waals surface area (Å²) in [5.74, 6) is 0.442. The number of rotatable bonds is 2. The van der Waals surface area contributed by atoms with Gasteiger partial charge in [-0.25, -0.2) is 9.48 Å². The Hall–Kier alpha value is -2.05. The van der Waals surface area contributed by atoms with Crippen molar-refractivity contribution in [1.29, 1.82) is 0 Å². The third-order valence-electron chi connectivity index (χ3n) is 2.48. The Balaban J connectivity index is 1.95. The van der Waals surface area contributed by atoms with E-state index in [4.69, 9.17) is 9.47 Å². The summed E-state index contributed by atoms with van der Waals surface area (Å²) in [5, 5.41) is 6.74. The van der Waals surface area contributed by atoms with E-state index in [0.717, 1.165) is 0 Å². The first kappa shape index (κ1) is 13.4. The molecule has 0 saturated heterocycles. The van der Waals surface area contributed by atoms with Crippen LogP contribution >= 0.6 is 0 Å². The molecule has 2 rings (SSSR count). The fourth-order valence-corrected chi connectivity index (χ4v) is 1.76. The molecule has 1 aliphatic rings. The topological polar surface area (TPSA) is 82.4 Å². The molecule has 0 aliphatic carbocycles. The molecule has 2 heterocycles. The summed E-state index contributed by atoms with van der Waals surface area (Å²) >= 11 is 0. The molecule has 1 atom stereocenters. The van der Waals surface area contributed by atoms with Crippen molar-refractivity contribution in [2.45, 2.75) is 39.0 Å². The molecule has 19 heavy (non-hydrogen) atoms. The molecule has 1 amide bonds. The average Bonchev–Trinajstić information content (AvgIpc) is 2.68. The zero-order chi connectivity index (χ0) is 14.0. The summed E-state index contributed by atoms with van der Waals surface area (Å²) in [4.78, 5) is 22.4. The molecule has 0 aromatic carbocycles. The van der Waals surface area contributed by atoms with Gasteiger partial charge in [0.2, 0.25) is 5.88 Å². The van der Waals surface area contributed by atoms with Crippen molar-refractivity contribution in [2.24, 2.45) is 0 Å². The number of hydrogen-bond donors (Lipinski definition) is 1. The lowest BCUT2D eigenvalue weighted by atomic mass is 10.2. The number of hydrogen-bond acceptors (Lipinski definition) is 5. The van der Waals surface area contributed by atoms with Crippen LogP contribution in [0.3, 0.4) is 0 Å². The number of nitrogens with zero attached hydrogens (tertiary/aromatic N) is 2. The summed E-state index contributed by atoms with van der Waals surface area (Å²) in [5.41, 5.74) is -0.128. The second-order valence-electron chi connectivity index (χ2n) is 5.36. The van der Waals surface area contributed by atoms with Crippen molar-refractivity contribution in [3.05, 3.63) is 11.8 Å². The highest BCUT2D eigenvalue weighted by Crippen LogP contribution is 2.20. The number of fused-ring (bicyclic) bond motifs is 1. The largest absolute Gasteiger partial charge is 0.475 e. The van der Waals surface area contributed by atoms with E-state index in [1.807, 2.05) is 0 Å². The predicted octanol–water partition coefficient (Wildman–Crippen LogP) is 0.981. The van der Waals surface area contributed by atoms with Crippen molar-refractivity contribution in [1.82, 2.24) is 15.1 Å². The van der Waals surface area contributed by atoms with Gasteiger partial charge in [0.1, 0.15) is 12.2 Å². The van der Waals surface area contributed by atoms with Gasteiger partial charge in [0.15, 0.2) is 6.29 Å². The van der Waals surface area contributed by atoms with Crippen LogP contribution in [-0.2, 0) is 11.3 Å². The predicted molar refractivity (Wildman–Crippen MR) is 66.3 cm³/mol. The number of nitrogens with one attached hydrogen (secondary N) is 1. The van der Waals surface area contributed by atoms with Gasteiger partial charge in [-0.2, -0.15) is 5.10 Å². The minimum Gasteiger partial charge on any atom is -0.475 e. The van der Waals surface area contributed by atoms with Crippen molar-refractivity contribution >= 4 is 12.4 Å². The summed E-state index contributed by atoms with van der Waals surface area (Å²) in [7, 11) is 0. The lowest BCUT2D eigenvalue weighted by molar-refractivity contribution is 0.0460. The highest BCUT2D eigenvalue weighted by molar-refractivity contribution is 5.77. The number of alkyl carbamates (subject to hydrolysis) is 1. The number of carbonyl (C=O) groups excluding carboxylic acids is 2. The molecule has 1 unspecified atom stereocenters. The van der Waals surface area contributed by atoms with Crippen LogP contribution in [0.15, 0.2) is 6.20 Å². The molecule has 0 spiro atoms. The van der Waals surface area contributed by atoms with E-state index in [1.165, 1.54) is 6.20 Å². The van der Waals surface area contributed by atoms with Crippen molar-refractivity contribution < 1.29 is 19.1 Å². The third-order valence-corrected chi connectivity index (χ3v) is 2.48. The quantitative estimate of drug-likeness (QED) is 0.808. The van der Waals surface area contributed by atoms with Crippen LogP contribution in [0.4, 0.5) is 4.79 Å². The molecule has 7 nitrogen and oxygen atoms in total. The summed E-state index contributed by atoms with van der Waals surface area (Å²) in [6, 6.07) is -0.234. The summed E-state index contributed by atoms with van der Waals surface area (Å²) in [6.07, 6.45) is 1.64. The fourth-order valence-electron chi connectivity index (χ4n) is 1.76. The van der Waals surface area contributed by atoms with Gasteiger partial charge in [-0.05, 0) is 20.8 Å². The molecule has 0 saturated carbocycles. The number of aromatic nitrogens is 2. The Morgan fingerprint density at radius 3 is 3.00 bits per heavy atom. The first-order chi connectivity index (χ1) is 8.89. The maximum Gasteiger partial charge on any atom is 0.408 e. The Labute approximate surface area is 110 Å². The van der Waals surface area contributed by atoms with Crippen LogP contribution in [-0.4, -0.2) is 40.4 Å². The van der Waals surface area contributed by atoms with Gasteiger partial charge in [0.05, 0.1) is 24.3 Å². The molecule has 0 fully saturated rings. The number of aldehydes is 1. The second kappa shape index (κ2) is 4.91. The van der Waals surface area contributed by atoms with Crippen LogP contribution < -0.4 is 10.1 Å². The molecular formula is C12H17N3O4. The minimum absolute atomic E-state index is 0.234. The van der Waals surface area contributed by atoms with E-state index in [9.17, 15) is 9.59 Å². The average molecular weight is 267 g/mol. The second-order valence-corrected chi connectivity index (χ2v) is 5.36. The smallest absolute Gasteiger partial charge is 0.408 e. The molecule has 0 bridgehead atoms. The van der Waals surface area contributed by atoms with Gasteiger partial charge in [-0.3, -0.25) is 4.79 Å². The van der Waals surface area contributed by atoms with E-state index in [0.29, 0.717) is 24.3 Å². The van der Waals surface area contributed by atoms with Crippen LogP contribution in [0.5, 0.6) is 5.88 Å². The van der Waals surface area contributed by atoms with Gasteiger partial charge < -0.3 is 14.8 Å². The molecule has 1 aromatic rings. The zero-order valence-electron chi connectivity index (χ0n) is 11.2. The Morgan fingerprint density at radius 2 is 2.37 bits per heavy atom. The number of amides is 1. The van der Waals surface area contributed by atoms with Gasteiger partial charge in [0, 0.05) is 0 Å². The maximum absolute atomic E-state index is 11.6. The normalized spacial score (nSPS) is 18.2. The highest BCUT2D eigenvalue weighted by atomic mass is 16.6. The standard InChI is InChI=1S/C12H17N3O4/c1-12(2,3)19-11(17)14-9-5-15-10(18-7-9)8(6-16)4-13-15/h4,6,9H,5,7H2,1-3H3,(H,14,17). The molecule has 1 aromatic heterocycles. The van der Waals surface area contributed by atoms with Crippen LogP contribution in [0.1, 0.15) is 31.1 Å². The van der Waals surface area contributed by atoms with E-state index >= 15 is 0 Å². The third kappa shape index (κ3) is 3.24. The maximum atomic E-state index is 11.6. The molecule has 1 N–H and O–H groups in total. The minimum atomic E-state index is -0.541. The van der Waals surface area contributed by atoms with Gasteiger partial charge in [0.25, 0.3) is 0 Å². The first-order valence-corrected chi connectivity index (χ1v) is 6.02. The summed E-state index contributed by atoms with van der Waals surface area (Å²) < 4.78 is 12.1. The van der Waals surface area contributed by atoms with Crippen LogP contribution in [0, 0.1) is 0 Å². The highest BCUT2D eigenvalue weighted by Gasteiger charge is 2.26. The zero-order valence-corrected chi connectivity index (χ0v) is 11.2. The fraction of sp³-hybridized carbons (Fsp3) is 0.583. The molecule has 0 radical (unpaired) electrons. The van der Waals surface area contributed by atoms with E-state index in [1.54, 1.807) is 25.5 Å². The van der Waals surface area contributed by atoms with E-state index in [-0.39, 0.29) is 12.6 Å². The number of ether oxygens (including phenoxy) is 2. The van der Waals surface area contributed by atoms with Gasteiger partial charge in [-0.15, -0.1) is 0 Å².